The smallest absolute Gasteiger partial charge is 0.227 e. The molecule has 1 amide bonds. The van der Waals surface area contributed by atoms with E-state index in [0.717, 1.165) is 32.1 Å². The third-order valence-corrected chi connectivity index (χ3v) is 3.74. The fourth-order valence-corrected chi connectivity index (χ4v) is 2.66. The number of hydrogen-bond acceptors (Lipinski definition) is 3. The average Bonchev–Trinajstić information content (AvgIpc) is 2.77. The zero-order valence-electron chi connectivity index (χ0n) is 11.0. The predicted octanol–water partition coefficient (Wildman–Crippen LogP) is 1.03. The van der Waals surface area contributed by atoms with Crippen molar-refractivity contribution in [2.75, 3.05) is 13.2 Å². The maximum atomic E-state index is 12.2. The van der Waals surface area contributed by atoms with Gasteiger partial charge in [-0.2, -0.15) is 0 Å². The maximum Gasteiger partial charge on any atom is 0.227 e. The molecule has 0 radical (unpaired) electrons. The predicted molar refractivity (Wildman–Crippen MR) is 68.4 cm³/mol. The van der Waals surface area contributed by atoms with Crippen molar-refractivity contribution in [1.82, 2.24) is 5.32 Å². The zero-order chi connectivity index (χ0) is 12.9. The van der Waals surface area contributed by atoms with E-state index in [0.29, 0.717) is 12.5 Å². The molecule has 0 aromatic heterocycles. The lowest BCUT2D eigenvalue weighted by molar-refractivity contribution is -0.131. The summed E-state index contributed by atoms with van der Waals surface area (Å²) in [5, 5.41) is 12.2. The second kappa shape index (κ2) is 6.36. The summed E-state index contributed by atoms with van der Waals surface area (Å²) >= 11 is 0. The van der Waals surface area contributed by atoms with Crippen molar-refractivity contribution in [2.24, 2.45) is 17.1 Å². The molecule has 1 unspecified atom stereocenters. The quantitative estimate of drug-likeness (QED) is 0.651. The third kappa shape index (κ3) is 3.68. The van der Waals surface area contributed by atoms with Crippen LogP contribution in [0.4, 0.5) is 0 Å². The van der Waals surface area contributed by atoms with Crippen LogP contribution in [0.2, 0.25) is 0 Å². The maximum absolute atomic E-state index is 12.2. The molecule has 0 aromatic rings. The molecule has 1 rings (SSSR count). The summed E-state index contributed by atoms with van der Waals surface area (Å²) in [5.74, 6) is 0.502. The normalized spacial score (nSPS) is 20.5. The van der Waals surface area contributed by atoms with Crippen LogP contribution in [-0.2, 0) is 4.79 Å². The molecule has 4 nitrogen and oxygen atoms in total. The zero-order valence-corrected chi connectivity index (χ0v) is 11.0. The Morgan fingerprint density at radius 1 is 1.41 bits per heavy atom. The molecule has 4 heteroatoms. The summed E-state index contributed by atoms with van der Waals surface area (Å²) < 4.78 is 0. The Balaban J connectivity index is 2.56. The Morgan fingerprint density at radius 3 is 2.41 bits per heavy atom. The number of hydrogen-bond donors (Lipinski definition) is 3. The minimum atomic E-state index is -0.371. The molecule has 0 saturated heterocycles. The van der Waals surface area contributed by atoms with Crippen molar-refractivity contribution in [1.29, 1.82) is 0 Å². The number of carbonyl (C=O) groups excluding carboxylic acids is 1. The summed E-state index contributed by atoms with van der Waals surface area (Å²) in [7, 11) is 0. The largest absolute Gasteiger partial charge is 0.394 e. The van der Waals surface area contributed by atoms with Gasteiger partial charge in [0.2, 0.25) is 5.91 Å². The first-order valence-corrected chi connectivity index (χ1v) is 6.66. The van der Waals surface area contributed by atoms with E-state index in [1.54, 1.807) is 0 Å². The van der Waals surface area contributed by atoms with Crippen LogP contribution in [0, 0.1) is 11.3 Å². The van der Waals surface area contributed by atoms with Gasteiger partial charge in [0.05, 0.1) is 18.1 Å². The number of nitrogens with two attached hydrogens (primary N) is 1. The van der Waals surface area contributed by atoms with Crippen LogP contribution in [0.15, 0.2) is 0 Å². The van der Waals surface area contributed by atoms with Gasteiger partial charge in [-0.1, -0.05) is 26.7 Å². The number of aliphatic hydroxyl groups excluding tert-OH is 1. The van der Waals surface area contributed by atoms with Gasteiger partial charge in [0, 0.05) is 6.54 Å². The van der Waals surface area contributed by atoms with E-state index in [1.807, 2.05) is 0 Å². The van der Waals surface area contributed by atoms with E-state index in [-0.39, 0.29) is 24.0 Å². The van der Waals surface area contributed by atoms with Gasteiger partial charge in [-0.05, 0) is 25.2 Å². The highest BCUT2D eigenvalue weighted by Gasteiger charge is 2.40. The van der Waals surface area contributed by atoms with Crippen molar-refractivity contribution >= 4 is 5.91 Å². The van der Waals surface area contributed by atoms with E-state index in [2.05, 4.69) is 19.2 Å². The molecule has 0 aliphatic heterocycles. The van der Waals surface area contributed by atoms with Crippen LogP contribution in [0.1, 0.15) is 46.0 Å². The minimum absolute atomic E-state index is 0.00454. The van der Waals surface area contributed by atoms with Gasteiger partial charge in [-0.15, -0.1) is 0 Å². The SMILES string of the molecule is CC(C)CC(CO)NC(=O)C1(CN)CCCC1. The van der Waals surface area contributed by atoms with Crippen molar-refractivity contribution in [3.63, 3.8) is 0 Å². The molecule has 0 bridgehead atoms. The topological polar surface area (TPSA) is 75.3 Å². The molecular weight excluding hydrogens is 216 g/mol. The Kier molecular flexibility index (Phi) is 5.40. The highest BCUT2D eigenvalue weighted by atomic mass is 16.3. The van der Waals surface area contributed by atoms with E-state index in [4.69, 9.17) is 5.73 Å². The summed E-state index contributed by atoms with van der Waals surface area (Å²) in [4.78, 5) is 12.2. The Hall–Kier alpha value is -0.610. The number of aliphatic hydroxyl groups is 1. The highest BCUT2D eigenvalue weighted by molar-refractivity contribution is 5.83. The van der Waals surface area contributed by atoms with E-state index < -0.39 is 0 Å². The third-order valence-electron chi connectivity index (χ3n) is 3.74. The molecule has 17 heavy (non-hydrogen) atoms. The molecule has 1 fully saturated rings. The van der Waals surface area contributed by atoms with Gasteiger partial charge in [-0.25, -0.2) is 0 Å². The van der Waals surface area contributed by atoms with Gasteiger partial charge in [0.25, 0.3) is 0 Å². The van der Waals surface area contributed by atoms with Crippen molar-refractivity contribution in [3.05, 3.63) is 0 Å². The molecule has 1 aliphatic carbocycles. The van der Waals surface area contributed by atoms with Gasteiger partial charge in [-0.3, -0.25) is 4.79 Å². The molecule has 1 saturated carbocycles. The van der Waals surface area contributed by atoms with Crippen LogP contribution in [0.3, 0.4) is 0 Å². The lowest BCUT2D eigenvalue weighted by Crippen LogP contribution is -2.49. The van der Waals surface area contributed by atoms with Gasteiger partial charge in [0.1, 0.15) is 0 Å². The van der Waals surface area contributed by atoms with E-state index >= 15 is 0 Å². The van der Waals surface area contributed by atoms with Crippen LogP contribution in [-0.4, -0.2) is 30.2 Å². The summed E-state index contributed by atoms with van der Waals surface area (Å²) in [6, 6.07) is -0.133. The Morgan fingerprint density at radius 2 is 2.00 bits per heavy atom. The minimum Gasteiger partial charge on any atom is -0.394 e. The number of rotatable bonds is 6. The average molecular weight is 242 g/mol. The fraction of sp³-hybridized carbons (Fsp3) is 0.923. The van der Waals surface area contributed by atoms with Crippen LogP contribution < -0.4 is 11.1 Å². The number of nitrogens with one attached hydrogen (secondary N) is 1. The molecule has 1 atom stereocenters. The fourth-order valence-electron chi connectivity index (χ4n) is 2.66. The lowest BCUT2D eigenvalue weighted by atomic mass is 9.85. The van der Waals surface area contributed by atoms with Crippen LogP contribution in [0.5, 0.6) is 0 Å². The monoisotopic (exact) mass is 242 g/mol. The molecule has 0 heterocycles. The van der Waals surface area contributed by atoms with Crippen molar-refractivity contribution < 1.29 is 9.90 Å². The molecule has 100 valence electrons. The highest BCUT2D eigenvalue weighted by Crippen LogP contribution is 2.37. The van der Waals surface area contributed by atoms with E-state index in [9.17, 15) is 9.90 Å². The Labute approximate surface area is 104 Å². The van der Waals surface area contributed by atoms with Crippen LogP contribution >= 0.6 is 0 Å². The molecule has 0 aromatic carbocycles. The first-order valence-electron chi connectivity index (χ1n) is 6.66. The molecule has 1 aliphatic rings. The van der Waals surface area contributed by atoms with Gasteiger partial charge in [0.15, 0.2) is 0 Å². The second-order valence-electron chi connectivity index (χ2n) is 5.67. The van der Waals surface area contributed by atoms with E-state index in [1.165, 1.54) is 0 Å². The lowest BCUT2D eigenvalue weighted by Gasteiger charge is -2.29. The Bertz CT molecular complexity index is 248. The van der Waals surface area contributed by atoms with Gasteiger partial charge >= 0.3 is 0 Å². The number of carbonyl (C=O) groups is 1. The van der Waals surface area contributed by atoms with Crippen LogP contribution in [0.25, 0.3) is 0 Å². The first kappa shape index (κ1) is 14.5. The first-order chi connectivity index (χ1) is 8.04. The summed E-state index contributed by atoms with van der Waals surface area (Å²) in [6.07, 6.45) is 4.74. The summed E-state index contributed by atoms with van der Waals surface area (Å²) in [6.45, 7) is 4.59. The molecule has 4 N–H and O–H groups in total. The van der Waals surface area contributed by atoms with Crippen molar-refractivity contribution in [2.45, 2.75) is 52.0 Å². The van der Waals surface area contributed by atoms with Crippen molar-refractivity contribution in [3.8, 4) is 0 Å². The molecular formula is C13H26N2O2. The second-order valence-corrected chi connectivity index (χ2v) is 5.67. The molecule has 0 spiro atoms. The number of amides is 1. The summed E-state index contributed by atoms with van der Waals surface area (Å²) in [5.41, 5.74) is 5.39. The standard InChI is InChI=1S/C13H26N2O2/c1-10(2)7-11(8-16)15-12(17)13(9-14)5-3-4-6-13/h10-11,16H,3-9,14H2,1-2H3,(H,15,17). The van der Waals surface area contributed by atoms with Gasteiger partial charge < -0.3 is 16.2 Å².